The SMILES string of the molecule is Cc1ccc(C(N)C(=O)Nc2ccc(F)c(C)c2)cc1. The number of amides is 1. The monoisotopic (exact) mass is 272 g/mol. The molecule has 104 valence electrons. The van der Waals surface area contributed by atoms with Gasteiger partial charge in [-0.1, -0.05) is 29.8 Å². The minimum atomic E-state index is -0.749. The predicted molar refractivity (Wildman–Crippen MR) is 77.9 cm³/mol. The predicted octanol–water partition coefficient (Wildman–Crippen LogP) is 3.08. The third kappa shape index (κ3) is 3.22. The molecule has 3 N–H and O–H groups in total. The van der Waals surface area contributed by atoms with Crippen molar-refractivity contribution in [2.24, 2.45) is 5.73 Å². The highest BCUT2D eigenvalue weighted by atomic mass is 19.1. The summed E-state index contributed by atoms with van der Waals surface area (Å²) in [5.74, 6) is -0.620. The Labute approximate surface area is 117 Å². The van der Waals surface area contributed by atoms with Crippen LogP contribution < -0.4 is 11.1 Å². The molecule has 0 aliphatic heterocycles. The third-order valence-electron chi connectivity index (χ3n) is 3.14. The van der Waals surface area contributed by atoms with E-state index >= 15 is 0 Å². The van der Waals surface area contributed by atoms with Crippen LogP contribution in [0.1, 0.15) is 22.7 Å². The number of benzene rings is 2. The van der Waals surface area contributed by atoms with E-state index in [1.807, 2.05) is 31.2 Å². The average molecular weight is 272 g/mol. The number of hydrogen-bond donors (Lipinski definition) is 2. The number of halogens is 1. The fraction of sp³-hybridized carbons (Fsp3) is 0.188. The summed E-state index contributed by atoms with van der Waals surface area (Å²) in [5.41, 5.74) is 8.78. The number of carbonyl (C=O) groups excluding carboxylic acids is 1. The Balaban J connectivity index is 2.11. The molecule has 2 aromatic carbocycles. The van der Waals surface area contributed by atoms with Crippen LogP contribution in [0.3, 0.4) is 0 Å². The zero-order valence-corrected chi connectivity index (χ0v) is 11.5. The van der Waals surface area contributed by atoms with Crippen molar-refractivity contribution in [3.8, 4) is 0 Å². The maximum atomic E-state index is 13.2. The van der Waals surface area contributed by atoms with Gasteiger partial charge in [0.25, 0.3) is 0 Å². The smallest absolute Gasteiger partial charge is 0.245 e. The molecule has 0 radical (unpaired) electrons. The molecular weight excluding hydrogens is 255 g/mol. The Bertz CT molecular complexity index is 623. The van der Waals surface area contributed by atoms with Gasteiger partial charge in [-0.2, -0.15) is 0 Å². The first kappa shape index (κ1) is 14.2. The Morgan fingerprint density at radius 1 is 1.15 bits per heavy atom. The number of nitrogens with one attached hydrogen (secondary N) is 1. The fourth-order valence-corrected chi connectivity index (χ4v) is 1.87. The van der Waals surface area contributed by atoms with E-state index in [0.717, 1.165) is 11.1 Å². The molecule has 0 aliphatic rings. The number of carbonyl (C=O) groups is 1. The molecule has 20 heavy (non-hydrogen) atoms. The van der Waals surface area contributed by atoms with Gasteiger partial charge in [0.15, 0.2) is 0 Å². The first-order chi connectivity index (χ1) is 9.47. The van der Waals surface area contributed by atoms with Gasteiger partial charge in [-0.25, -0.2) is 4.39 Å². The Hall–Kier alpha value is -2.20. The summed E-state index contributed by atoms with van der Waals surface area (Å²) in [6, 6.07) is 11.1. The maximum absolute atomic E-state index is 13.2. The van der Waals surface area contributed by atoms with Crippen LogP contribution in [0.4, 0.5) is 10.1 Å². The molecule has 0 saturated heterocycles. The highest BCUT2D eigenvalue weighted by molar-refractivity contribution is 5.95. The topological polar surface area (TPSA) is 55.1 Å². The van der Waals surface area contributed by atoms with E-state index in [4.69, 9.17) is 5.73 Å². The maximum Gasteiger partial charge on any atom is 0.245 e. The van der Waals surface area contributed by atoms with E-state index in [-0.39, 0.29) is 11.7 Å². The first-order valence-electron chi connectivity index (χ1n) is 6.36. The molecule has 1 unspecified atom stereocenters. The van der Waals surface area contributed by atoms with Crippen LogP contribution in [0.25, 0.3) is 0 Å². The zero-order valence-electron chi connectivity index (χ0n) is 11.5. The molecule has 3 nitrogen and oxygen atoms in total. The second-order valence-corrected chi connectivity index (χ2v) is 4.84. The molecule has 1 atom stereocenters. The van der Waals surface area contributed by atoms with Crippen LogP contribution in [-0.2, 0) is 4.79 Å². The molecule has 0 fully saturated rings. The van der Waals surface area contributed by atoms with Crippen molar-refractivity contribution in [3.63, 3.8) is 0 Å². The van der Waals surface area contributed by atoms with E-state index in [9.17, 15) is 9.18 Å². The minimum Gasteiger partial charge on any atom is -0.324 e. The number of hydrogen-bond acceptors (Lipinski definition) is 2. The van der Waals surface area contributed by atoms with Gasteiger partial charge >= 0.3 is 0 Å². The fourth-order valence-electron chi connectivity index (χ4n) is 1.87. The molecule has 1 amide bonds. The van der Waals surface area contributed by atoms with Crippen LogP contribution in [-0.4, -0.2) is 5.91 Å². The standard InChI is InChI=1S/C16H17FN2O/c1-10-3-5-12(6-4-10)15(18)16(20)19-13-7-8-14(17)11(2)9-13/h3-9,15H,18H2,1-2H3,(H,19,20). The summed E-state index contributed by atoms with van der Waals surface area (Å²) in [7, 11) is 0. The molecule has 0 spiro atoms. The van der Waals surface area contributed by atoms with Gasteiger partial charge in [-0.15, -0.1) is 0 Å². The van der Waals surface area contributed by atoms with Crippen LogP contribution in [0.2, 0.25) is 0 Å². The Morgan fingerprint density at radius 3 is 2.40 bits per heavy atom. The molecule has 0 saturated carbocycles. The number of rotatable bonds is 3. The third-order valence-corrected chi connectivity index (χ3v) is 3.14. The molecule has 0 aromatic heterocycles. The van der Waals surface area contributed by atoms with Gasteiger partial charge in [0, 0.05) is 5.69 Å². The quantitative estimate of drug-likeness (QED) is 0.902. The summed E-state index contributed by atoms with van der Waals surface area (Å²) in [6.45, 7) is 3.61. The molecule has 0 bridgehead atoms. The summed E-state index contributed by atoms with van der Waals surface area (Å²) in [6.07, 6.45) is 0. The van der Waals surface area contributed by atoms with Crippen molar-refractivity contribution >= 4 is 11.6 Å². The van der Waals surface area contributed by atoms with Crippen molar-refractivity contribution < 1.29 is 9.18 Å². The summed E-state index contributed by atoms with van der Waals surface area (Å²) < 4.78 is 13.2. The highest BCUT2D eigenvalue weighted by Gasteiger charge is 2.15. The first-order valence-corrected chi connectivity index (χ1v) is 6.36. The van der Waals surface area contributed by atoms with Gasteiger partial charge in [0.1, 0.15) is 11.9 Å². The normalized spacial score (nSPS) is 12.0. The molecule has 2 aromatic rings. The zero-order chi connectivity index (χ0) is 14.7. The van der Waals surface area contributed by atoms with Crippen molar-refractivity contribution in [1.29, 1.82) is 0 Å². The lowest BCUT2D eigenvalue weighted by Crippen LogP contribution is -2.27. The largest absolute Gasteiger partial charge is 0.324 e. The van der Waals surface area contributed by atoms with Crippen molar-refractivity contribution in [2.75, 3.05) is 5.32 Å². The van der Waals surface area contributed by atoms with E-state index in [2.05, 4.69) is 5.32 Å². The second-order valence-electron chi connectivity index (χ2n) is 4.84. The summed E-state index contributed by atoms with van der Waals surface area (Å²) in [5, 5.41) is 2.69. The molecule has 4 heteroatoms. The summed E-state index contributed by atoms with van der Waals surface area (Å²) in [4.78, 5) is 12.1. The van der Waals surface area contributed by atoms with Crippen molar-refractivity contribution in [3.05, 3.63) is 65.0 Å². The Morgan fingerprint density at radius 2 is 1.80 bits per heavy atom. The number of anilines is 1. The van der Waals surface area contributed by atoms with Gasteiger partial charge in [-0.05, 0) is 43.2 Å². The van der Waals surface area contributed by atoms with E-state index in [0.29, 0.717) is 11.3 Å². The molecule has 0 aliphatic carbocycles. The molecule has 2 rings (SSSR count). The number of aryl methyl sites for hydroxylation is 2. The van der Waals surface area contributed by atoms with Gasteiger partial charge < -0.3 is 11.1 Å². The molecule has 0 heterocycles. The van der Waals surface area contributed by atoms with Crippen LogP contribution in [0.15, 0.2) is 42.5 Å². The van der Waals surface area contributed by atoms with E-state index in [1.165, 1.54) is 12.1 Å². The van der Waals surface area contributed by atoms with E-state index < -0.39 is 6.04 Å². The lowest BCUT2D eigenvalue weighted by Gasteiger charge is -2.13. The van der Waals surface area contributed by atoms with Gasteiger partial charge in [0.05, 0.1) is 0 Å². The second kappa shape index (κ2) is 5.84. The summed E-state index contributed by atoms with van der Waals surface area (Å²) >= 11 is 0. The van der Waals surface area contributed by atoms with E-state index in [1.54, 1.807) is 13.0 Å². The lowest BCUT2D eigenvalue weighted by molar-refractivity contribution is -0.117. The average Bonchev–Trinajstić information content (AvgIpc) is 2.43. The van der Waals surface area contributed by atoms with Crippen LogP contribution in [0, 0.1) is 19.7 Å². The lowest BCUT2D eigenvalue weighted by atomic mass is 10.1. The van der Waals surface area contributed by atoms with Crippen LogP contribution in [0.5, 0.6) is 0 Å². The molecular formula is C16H17FN2O. The number of nitrogens with two attached hydrogens (primary N) is 1. The van der Waals surface area contributed by atoms with Crippen LogP contribution >= 0.6 is 0 Å². The van der Waals surface area contributed by atoms with Gasteiger partial charge in [-0.3, -0.25) is 4.79 Å². The van der Waals surface area contributed by atoms with Gasteiger partial charge in [0.2, 0.25) is 5.91 Å². The Kier molecular flexibility index (Phi) is 4.15. The van der Waals surface area contributed by atoms with Crippen molar-refractivity contribution in [1.82, 2.24) is 0 Å². The highest BCUT2D eigenvalue weighted by Crippen LogP contribution is 2.17. The minimum absolute atomic E-state index is 0.300. The van der Waals surface area contributed by atoms with Crippen molar-refractivity contribution in [2.45, 2.75) is 19.9 Å².